The van der Waals surface area contributed by atoms with Crippen LogP contribution in [0.2, 0.25) is 0 Å². The number of hydrogen-bond donors (Lipinski definition) is 1. The van der Waals surface area contributed by atoms with Gasteiger partial charge in [-0.2, -0.15) is 0 Å². The molecule has 0 saturated heterocycles. The average molecular weight is 204 g/mol. The molecule has 0 aromatic carbocycles. The highest BCUT2D eigenvalue weighted by Crippen LogP contribution is 2.10. The second-order valence-electron chi connectivity index (χ2n) is 3.54. The summed E-state index contributed by atoms with van der Waals surface area (Å²) < 4.78 is 10.5. The highest BCUT2D eigenvalue weighted by atomic mass is 16.7. The van der Waals surface area contributed by atoms with Crippen LogP contribution in [0.1, 0.15) is 52.4 Å². The second-order valence-corrected chi connectivity index (χ2v) is 3.54. The van der Waals surface area contributed by atoms with E-state index in [2.05, 4.69) is 13.8 Å². The van der Waals surface area contributed by atoms with Crippen molar-refractivity contribution in [3.05, 3.63) is 0 Å². The van der Waals surface area contributed by atoms with Gasteiger partial charge in [0.1, 0.15) is 0 Å². The van der Waals surface area contributed by atoms with Crippen molar-refractivity contribution in [2.75, 3.05) is 7.11 Å². The molecule has 0 spiro atoms. The molecule has 0 aromatic heterocycles. The summed E-state index contributed by atoms with van der Waals surface area (Å²) >= 11 is 0. The minimum atomic E-state index is -0.670. The van der Waals surface area contributed by atoms with Crippen molar-refractivity contribution in [1.82, 2.24) is 0 Å². The smallest absolute Gasteiger partial charge is 0.160 e. The van der Waals surface area contributed by atoms with Gasteiger partial charge in [0.05, 0.1) is 0 Å². The molecule has 3 heteroatoms. The summed E-state index contributed by atoms with van der Waals surface area (Å²) in [5.74, 6) is 0. The van der Waals surface area contributed by atoms with E-state index in [0.717, 1.165) is 32.1 Å². The molecule has 0 radical (unpaired) electrons. The van der Waals surface area contributed by atoms with Crippen LogP contribution >= 0.6 is 0 Å². The molecule has 0 aliphatic heterocycles. The monoisotopic (exact) mass is 204 g/mol. The molecule has 0 aliphatic rings. The predicted molar refractivity (Wildman–Crippen MR) is 56.9 cm³/mol. The van der Waals surface area contributed by atoms with Crippen molar-refractivity contribution in [2.24, 2.45) is 0 Å². The summed E-state index contributed by atoms with van der Waals surface area (Å²) in [5.41, 5.74) is 0. The predicted octanol–water partition coefficient (Wildman–Crippen LogP) is 2.67. The van der Waals surface area contributed by atoms with Crippen molar-refractivity contribution in [1.29, 1.82) is 0 Å². The molecule has 0 rings (SSSR count). The molecule has 0 bridgehead atoms. The van der Waals surface area contributed by atoms with E-state index < -0.39 is 6.29 Å². The zero-order chi connectivity index (χ0) is 10.8. The molecule has 0 fully saturated rings. The summed E-state index contributed by atoms with van der Waals surface area (Å²) in [6.45, 7) is 4.22. The van der Waals surface area contributed by atoms with Crippen molar-refractivity contribution in [2.45, 2.75) is 65.0 Å². The third-order valence-electron chi connectivity index (χ3n) is 2.17. The molecule has 2 atom stereocenters. The summed E-state index contributed by atoms with van der Waals surface area (Å²) in [6.07, 6.45) is 4.89. The highest BCUT2D eigenvalue weighted by Gasteiger charge is 2.12. The Kier molecular flexibility index (Phi) is 9.35. The van der Waals surface area contributed by atoms with Crippen LogP contribution in [0, 0.1) is 0 Å². The molecule has 1 N–H and O–H groups in total. The van der Waals surface area contributed by atoms with E-state index in [4.69, 9.17) is 9.47 Å². The molecule has 0 saturated carbocycles. The lowest BCUT2D eigenvalue weighted by Gasteiger charge is -2.19. The number of aliphatic hydroxyl groups is 1. The van der Waals surface area contributed by atoms with Gasteiger partial charge in [0.15, 0.2) is 12.6 Å². The maximum atomic E-state index is 9.48. The molecule has 2 unspecified atom stereocenters. The standard InChI is InChI=1S/C11H24O3/c1-4-6-8-10(12)14-11(13-3)9-7-5-2/h10-12H,4-9H2,1-3H3. The average Bonchev–Trinajstić information content (AvgIpc) is 2.21. The van der Waals surface area contributed by atoms with Gasteiger partial charge in [0.2, 0.25) is 0 Å². The second kappa shape index (κ2) is 9.44. The zero-order valence-electron chi connectivity index (χ0n) is 9.66. The van der Waals surface area contributed by atoms with Crippen molar-refractivity contribution >= 4 is 0 Å². The minimum absolute atomic E-state index is 0.248. The quantitative estimate of drug-likeness (QED) is 0.587. The maximum absolute atomic E-state index is 9.48. The number of aliphatic hydroxyl groups excluding tert-OH is 1. The molecule has 0 amide bonds. The van der Waals surface area contributed by atoms with Crippen molar-refractivity contribution < 1.29 is 14.6 Å². The van der Waals surface area contributed by atoms with Gasteiger partial charge in [0.25, 0.3) is 0 Å². The van der Waals surface area contributed by atoms with E-state index in [-0.39, 0.29) is 6.29 Å². The SMILES string of the molecule is CCCCC(O)OC(CCCC)OC. The van der Waals surface area contributed by atoms with Gasteiger partial charge in [-0.05, 0) is 25.7 Å². The van der Waals surface area contributed by atoms with Crippen LogP contribution in [0.3, 0.4) is 0 Å². The minimum Gasteiger partial charge on any atom is -0.368 e. The van der Waals surface area contributed by atoms with E-state index in [0.29, 0.717) is 6.42 Å². The van der Waals surface area contributed by atoms with Crippen LogP contribution in [-0.4, -0.2) is 24.8 Å². The first-order valence-corrected chi connectivity index (χ1v) is 5.60. The van der Waals surface area contributed by atoms with Gasteiger partial charge < -0.3 is 14.6 Å². The van der Waals surface area contributed by atoms with E-state index in [1.165, 1.54) is 0 Å². The van der Waals surface area contributed by atoms with Gasteiger partial charge >= 0.3 is 0 Å². The third-order valence-corrected chi connectivity index (χ3v) is 2.17. The Morgan fingerprint density at radius 2 is 1.64 bits per heavy atom. The lowest BCUT2D eigenvalue weighted by Crippen LogP contribution is -2.23. The number of ether oxygens (including phenoxy) is 2. The largest absolute Gasteiger partial charge is 0.368 e. The third kappa shape index (κ3) is 7.30. The van der Waals surface area contributed by atoms with Gasteiger partial charge in [-0.3, -0.25) is 0 Å². The Morgan fingerprint density at radius 1 is 1.07 bits per heavy atom. The molecule has 0 aromatic rings. The van der Waals surface area contributed by atoms with Crippen LogP contribution in [-0.2, 0) is 9.47 Å². The van der Waals surface area contributed by atoms with Crippen LogP contribution in [0.5, 0.6) is 0 Å². The van der Waals surface area contributed by atoms with Gasteiger partial charge in [-0.25, -0.2) is 0 Å². The van der Waals surface area contributed by atoms with Crippen molar-refractivity contribution in [3.63, 3.8) is 0 Å². The topological polar surface area (TPSA) is 38.7 Å². The Hall–Kier alpha value is -0.120. The Balaban J connectivity index is 3.57. The van der Waals surface area contributed by atoms with Gasteiger partial charge in [0, 0.05) is 7.11 Å². The first-order valence-electron chi connectivity index (χ1n) is 5.60. The van der Waals surface area contributed by atoms with E-state index in [9.17, 15) is 5.11 Å². The lowest BCUT2D eigenvalue weighted by atomic mass is 10.2. The first kappa shape index (κ1) is 13.9. The molecular formula is C11H24O3. The normalized spacial score (nSPS) is 15.4. The number of hydrogen-bond acceptors (Lipinski definition) is 3. The summed E-state index contributed by atoms with van der Waals surface area (Å²) in [4.78, 5) is 0. The fraction of sp³-hybridized carbons (Fsp3) is 1.00. The zero-order valence-corrected chi connectivity index (χ0v) is 9.66. The molecule has 86 valence electrons. The summed E-state index contributed by atoms with van der Waals surface area (Å²) in [7, 11) is 1.62. The Labute approximate surface area is 87.4 Å². The molecule has 3 nitrogen and oxygen atoms in total. The number of unbranched alkanes of at least 4 members (excludes halogenated alkanes) is 2. The number of rotatable bonds is 9. The number of methoxy groups -OCH3 is 1. The van der Waals surface area contributed by atoms with Crippen LogP contribution in [0.4, 0.5) is 0 Å². The Morgan fingerprint density at radius 3 is 2.14 bits per heavy atom. The van der Waals surface area contributed by atoms with Gasteiger partial charge in [-0.15, -0.1) is 0 Å². The van der Waals surface area contributed by atoms with E-state index in [1.54, 1.807) is 7.11 Å². The fourth-order valence-electron chi connectivity index (χ4n) is 1.23. The van der Waals surface area contributed by atoms with Crippen LogP contribution < -0.4 is 0 Å². The molecule has 0 heterocycles. The summed E-state index contributed by atoms with van der Waals surface area (Å²) in [5, 5.41) is 9.48. The molecule has 0 aliphatic carbocycles. The maximum Gasteiger partial charge on any atom is 0.160 e. The first-order chi connectivity index (χ1) is 6.74. The van der Waals surface area contributed by atoms with E-state index in [1.807, 2.05) is 0 Å². The fourth-order valence-corrected chi connectivity index (χ4v) is 1.23. The van der Waals surface area contributed by atoms with Crippen molar-refractivity contribution in [3.8, 4) is 0 Å². The van der Waals surface area contributed by atoms with Crippen LogP contribution in [0.25, 0.3) is 0 Å². The molecule has 14 heavy (non-hydrogen) atoms. The summed E-state index contributed by atoms with van der Waals surface area (Å²) in [6, 6.07) is 0. The lowest BCUT2D eigenvalue weighted by molar-refractivity contribution is -0.223. The van der Waals surface area contributed by atoms with E-state index >= 15 is 0 Å². The highest BCUT2D eigenvalue weighted by molar-refractivity contribution is 4.48. The van der Waals surface area contributed by atoms with Gasteiger partial charge in [-0.1, -0.05) is 26.7 Å². The van der Waals surface area contributed by atoms with Crippen LogP contribution in [0.15, 0.2) is 0 Å². The Bertz CT molecular complexity index is 117. The molecular weight excluding hydrogens is 180 g/mol.